The molecule has 16 heavy (non-hydrogen) atoms. The van der Waals surface area contributed by atoms with Crippen molar-refractivity contribution in [2.45, 2.75) is 26.8 Å². The fraction of sp³-hybridized carbons (Fsp3) is 0.333. The van der Waals surface area contributed by atoms with E-state index >= 15 is 0 Å². The van der Waals surface area contributed by atoms with Gasteiger partial charge in [-0.05, 0) is 25.0 Å². The fourth-order valence-corrected chi connectivity index (χ4v) is 1.74. The van der Waals surface area contributed by atoms with E-state index in [-0.39, 0.29) is 0 Å². The van der Waals surface area contributed by atoms with Gasteiger partial charge >= 0.3 is 0 Å². The van der Waals surface area contributed by atoms with Crippen LogP contribution in [0.2, 0.25) is 0 Å². The van der Waals surface area contributed by atoms with Gasteiger partial charge in [0.1, 0.15) is 0 Å². The molecule has 0 fully saturated rings. The average Bonchev–Trinajstić information content (AvgIpc) is 2.67. The first-order valence-electron chi connectivity index (χ1n) is 5.45. The van der Waals surface area contributed by atoms with Crippen molar-refractivity contribution in [1.29, 1.82) is 0 Å². The molecule has 0 aliphatic carbocycles. The van der Waals surface area contributed by atoms with Gasteiger partial charge in [0.25, 0.3) is 0 Å². The number of nitrogens with two attached hydrogens (primary N) is 1. The molecule has 2 aromatic rings. The zero-order valence-electron chi connectivity index (χ0n) is 9.64. The van der Waals surface area contributed by atoms with E-state index in [9.17, 15) is 0 Å². The third-order valence-electron chi connectivity index (χ3n) is 2.46. The molecule has 0 unspecified atom stereocenters. The van der Waals surface area contributed by atoms with Crippen molar-refractivity contribution in [2.75, 3.05) is 5.73 Å². The lowest BCUT2D eigenvalue weighted by Gasteiger charge is -2.02. The number of nitrogens with zero attached hydrogens (tertiary/aromatic N) is 3. The number of rotatable bonds is 3. The van der Waals surface area contributed by atoms with Gasteiger partial charge in [0.05, 0.1) is 23.8 Å². The SMILES string of the molecule is CCCn1cc(-c2ncc(N)cc2C)cn1. The van der Waals surface area contributed by atoms with E-state index in [4.69, 9.17) is 5.73 Å². The molecule has 2 heterocycles. The minimum atomic E-state index is 0.696. The van der Waals surface area contributed by atoms with E-state index in [0.29, 0.717) is 5.69 Å². The van der Waals surface area contributed by atoms with Gasteiger partial charge in [-0.2, -0.15) is 5.10 Å². The highest BCUT2D eigenvalue weighted by Gasteiger charge is 2.06. The molecule has 0 atom stereocenters. The quantitative estimate of drug-likeness (QED) is 0.856. The molecule has 0 aliphatic heterocycles. The van der Waals surface area contributed by atoms with Gasteiger partial charge in [0.2, 0.25) is 0 Å². The van der Waals surface area contributed by atoms with Crippen LogP contribution in [0.3, 0.4) is 0 Å². The Morgan fingerprint density at radius 1 is 1.38 bits per heavy atom. The Morgan fingerprint density at radius 2 is 2.19 bits per heavy atom. The zero-order chi connectivity index (χ0) is 11.5. The number of pyridine rings is 1. The van der Waals surface area contributed by atoms with Crippen molar-refractivity contribution in [3.63, 3.8) is 0 Å². The lowest BCUT2D eigenvalue weighted by atomic mass is 10.1. The Morgan fingerprint density at radius 3 is 2.88 bits per heavy atom. The van der Waals surface area contributed by atoms with E-state index < -0.39 is 0 Å². The molecule has 0 saturated heterocycles. The van der Waals surface area contributed by atoms with E-state index in [1.807, 2.05) is 30.1 Å². The smallest absolute Gasteiger partial charge is 0.0764 e. The van der Waals surface area contributed by atoms with Gasteiger partial charge in [-0.3, -0.25) is 9.67 Å². The largest absolute Gasteiger partial charge is 0.397 e. The molecule has 0 aliphatic rings. The van der Waals surface area contributed by atoms with Crippen LogP contribution in [0.4, 0.5) is 5.69 Å². The van der Waals surface area contributed by atoms with Gasteiger partial charge in [0, 0.05) is 18.3 Å². The number of aryl methyl sites for hydroxylation is 2. The van der Waals surface area contributed by atoms with Crippen LogP contribution < -0.4 is 5.73 Å². The Labute approximate surface area is 95.1 Å². The monoisotopic (exact) mass is 216 g/mol. The summed E-state index contributed by atoms with van der Waals surface area (Å²) in [7, 11) is 0. The first-order valence-corrected chi connectivity index (χ1v) is 5.45. The van der Waals surface area contributed by atoms with Gasteiger partial charge in [-0.1, -0.05) is 6.92 Å². The molecule has 0 saturated carbocycles. The lowest BCUT2D eigenvalue weighted by Crippen LogP contribution is -1.95. The second kappa shape index (κ2) is 4.35. The van der Waals surface area contributed by atoms with Crippen LogP contribution in [0.25, 0.3) is 11.3 Å². The summed E-state index contributed by atoms with van der Waals surface area (Å²) in [6, 6.07) is 1.93. The Hall–Kier alpha value is -1.84. The number of hydrogen-bond acceptors (Lipinski definition) is 3. The topological polar surface area (TPSA) is 56.7 Å². The van der Waals surface area contributed by atoms with Crippen LogP contribution in [0.1, 0.15) is 18.9 Å². The minimum absolute atomic E-state index is 0.696. The van der Waals surface area contributed by atoms with Crippen LogP contribution in [-0.4, -0.2) is 14.8 Å². The summed E-state index contributed by atoms with van der Waals surface area (Å²) in [4.78, 5) is 4.34. The summed E-state index contributed by atoms with van der Waals surface area (Å²) < 4.78 is 1.94. The van der Waals surface area contributed by atoms with Crippen LogP contribution >= 0.6 is 0 Å². The molecule has 0 bridgehead atoms. The van der Waals surface area contributed by atoms with Crippen molar-refractivity contribution >= 4 is 5.69 Å². The highest BCUT2D eigenvalue weighted by molar-refractivity contribution is 5.63. The van der Waals surface area contributed by atoms with Gasteiger partial charge in [-0.25, -0.2) is 0 Å². The predicted molar refractivity (Wildman–Crippen MR) is 64.9 cm³/mol. The third-order valence-corrected chi connectivity index (χ3v) is 2.46. The van der Waals surface area contributed by atoms with Crippen LogP contribution in [0.15, 0.2) is 24.7 Å². The molecule has 4 heteroatoms. The predicted octanol–water partition coefficient (Wildman–Crippen LogP) is 2.25. The molecule has 0 amide bonds. The fourth-order valence-electron chi connectivity index (χ4n) is 1.74. The standard InChI is InChI=1S/C12H16N4/c1-3-4-16-8-10(6-15-16)12-9(2)5-11(13)7-14-12/h5-8H,3-4,13H2,1-2H3. The first kappa shape index (κ1) is 10.7. The first-order chi connectivity index (χ1) is 7.70. The number of hydrogen-bond donors (Lipinski definition) is 1. The number of aromatic nitrogens is 3. The van der Waals surface area contributed by atoms with Crippen LogP contribution in [0, 0.1) is 6.92 Å². The van der Waals surface area contributed by atoms with Crippen molar-refractivity contribution in [2.24, 2.45) is 0 Å². The second-order valence-electron chi connectivity index (χ2n) is 3.93. The molecule has 0 radical (unpaired) electrons. The summed E-state index contributed by atoms with van der Waals surface area (Å²) >= 11 is 0. The van der Waals surface area contributed by atoms with Crippen molar-refractivity contribution in [1.82, 2.24) is 14.8 Å². The summed E-state index contributed by atoms with van der Waals surface area (Å²) in [6.45, 7) is 5.08. The molecular weight excluding hydrogens is 200 g/mol. The number of anilines is 1. The van der Waals surface area contributed by atoms with Crippen LogP contribution in [0.5, 0.6) is 0 Å². The van der Waals surface area contributed by atoms with Crippen molar-refractivity contribution in [3.8, 4) is 11.3 Å². The molecule has 84 valence electrons. The highest BCUT2D eigenvalue weighted by Crippen LogP contribution is 2.21. The normalized spacial score (nSPS) is 10.6. The Kier molecular flexibility index (Phi) is 2.90. The Bertz CT molecular complexity index is 488. The highest BCUT2D eigenvalue weighted by atomic mass is 15.3. The second-order valence-corrected chi connectivity index (χ2v) is 3.93. The molecular formula is C12H16N4. The van der Waals surface area contributed by atoms with Crippen LogP contribution in [-0.2, 0) is 6.54 Å². The maximum absolute atomic E-state index is 5.68. The van der Waals surface area contributed by atoms with E-state index in [1.165, 1.54) is 0 Å². The van der Waals surface area contributed by atoms with Crippen molar-refractivity contribution in [3.05, 3.63) is 30.2 Å². The van der Waals surface area contributed by atoms with E-state index in [2.05, 4.69) is 17.0 Å². The van der Waals surface area contributed by atoms with E-state index in [0.717, 1.165) is 29.8 Å². The summed E-state index contributed by atoms with van der Waals surface area (Å²) in [5, 5.41) is 4.29. The maximum Gasteiger partial charge on any atom is 0.0764 e. The molecule has 2 N–H and O–H groups in total. The molecule has 0 spiro atoms. The minimum Gasteiger partial charge on any atom is -0.397 e. The summed E-state index contributed by atoms with van der Waals surface area (Å²) in [5.41, 5.74) is 9.45. The maximum atomic E-state index is 5.68. The number of nitrogen functional groups attached to an aromatic ring is 1. The molecule has 2 aromatic heterocycles. The molecule has 4 nitrogen and oxygen atoms in total. The van der Waals surface area contributed by atoms with Crippen molar-refractivity contribution < 1.29 is 0 Å². The van der Waals surface area contributed by atoms with Gasteiger partial charge < -0.3 is 5.73 Å². The van der Waals surface area contributed by atoms with E-state index in [1.54, 1.807) is 6.20 Å². The average molecular weight is 216 g/mol. The Balaban J connectivity index is 2.35. The summed E-state index contributed by atoms with van der Waals surface area (Å²) in [5.74, 6) is 0. The van der Waals surface area contributed by atoms with Gasteiger partial charge in [-0.15, -0.1) is 0 Å². The summed E-state index contributed by atoms with van der Waals surface area (Å²) in [6.07, 6.45) is 6.63. The third kappa shape index (κ3) is 2.05. The van der Waals surface area contributed by atoms with Gasteiger partial charge in [0.15, 0.2) is 0 Å². The molecule has 0 aromatic carbocycles. The lowest BCUT2D eigenvalue weighted by molar-refractivity contribution is 0.603. The zero-order valence-corrected chi connectivity index (χ0v) is 9.64. The molecule has 2 rings (SSSR count).